The second-order valence-corrected chi connectivity index (χ2v) is 4.90. The van der Waals surface area contributed by atoms with E-state index < -0.39 is 0 Å². The summed E-state index contributed by atoms with van der Waals surface area (Å²) in [6.07, 6.45) is 4.56. The zero-order chi connectivity index (χ0) is 11.0. The summed E-state index contributed by atoms with van der Waals surface area (Å²) in [6.45, 7) is 5.45. The van der Waals surface area contributed by atoms with Crippen LogP contribution in [0.4, 0.5) is 0 Å². The first kappa shape index (κ1) is 10.0. The van der Waals surface area contributed by atoms with Gasteiger partial charge in [-0.15, -0.1) is 0 Å². The Kier molecular flexibility index (Phi) is 2.52. The average molecular weight is 214 g/mol. The van der Waals surface area contributed by atoms with Crippen LogP contribution in [0.3, 0.4) is 0 Å². The molecule has 1 aromatic carbocycles. The summed E-state index contributed by atoms with van der Waals surface area (Å²) in [7, 11) is 0. The smallest absolute Gasteiger partial charge is 0.0646 e. The molecule has 2 aliphatic heterocycles. The summed E-state index contributed by atoms with van der Waals surface area (Å²) in [5.41, 5.74) is 5.75. The fourth-order valence-corrected chi connectivity index (χ4v) is 2.87. The Bertz CT molecular complexity index is 429. The zero-order valence-electron chi connectivity index (χ0n) is 9.79. The molecule has 0 amide bonds. The predicted octanol–water partition coefficient (Wildman–Crippen LogP) is 2.39. The quantitative estimate of drug-likeness (QED) is 0.762. The maximum atomic E-state index is 4.34. The molecule has 1 aromatic rings. The van der Waals surface area contributed by atoms with Crippen LogP contribution < -0.4 is 5.32 Å². The van der Waals surface area contributed by atoms with Gasteiger partial charge in [-0.05, 0) is 67.1 Å². The topological polar surface area (TPSA) is 24.4 Å². The van der Waals surface area contributed by atoms with Crippen molar-refractivity contribution < 1.29 is 0 Å². The van der Waals surface area contributed by atoms with E-state index in [1.165, 1.54) is 29.5 Å². The van der Waals surface area contributed by atoms with Crippen molar-refractivity contribution in [2.45, 2.75) is 32.2 Å². The number of hydrogen-bond donors (Lipinski definition) is 1. The van der Waals surface area contributed by atoms with E-state index in [1.54, 1.807) is 5.56 Å². The summed E-state index contributed by atoms with van der Waals surface area (Å²) < 4.78 is 0. The number of aliphatic imine (C=N–C) groups is 1. The highest BCUT2D eigenvalue weighted by Crippen LogP contribution is 2.31. The Labute approximate surface area is 96.8 Å². The molecule has 2 heteroatoms. The van der Waals surface area contributed by atoms with Gasteiger partial charge in [0.05, 0.1) is 6.54 Å². The van der Waals surface area contributed by atoms with Gasteiger partial charge in [0.2, 0.25) is 0 Å². The minimum absolute atomic E-state index is 0.757. The molecule has 0 aromatic heterocycles. The molecule has 0 spiro atoms. The molecule has 2 nitrogen and oxygen atoms in total. The lowest BCUT2D eigenvalue weighted by Crippen LogP contribution is -2.27. The molecule has 0 unspecified atom stereocenters. The Hall–Kier alpha value is -1.15. The summed E-state index contributed by atoms with van der Waals surface area (Å²) in [6, 6.07) is 4.71. The van der Waals surface area contributed by atoms with Gasteiger partial charge in [-0.1, -0.05) is 6.07 Å². The molecule has 2 aliphatic rings. The summed E-state index contributed by atoms with van der Waals surface area (Å²) in [5, 5.41) is 3.43. The lowest BCUT2D eigenvalue weighted by Gasteiger charge is -2.25. The van der Waals surface area contributed by atoms with E-state index in [0.29, 0.717) is 0 Å². The number of rotatable bonds is 1. The van der Waals surface area contributed by atoms with E-state index in [2.05, 4.69) is 29.4 Å². The van der Waals surface area contributed by atoms with Crippen molar-refractivity contribution in [3.05, 3.63) is 34.4 Å². The second-order valence-electron chi connectivity index (χ2n) is 4.90. The van der Waals surface area contributed by atoms with Crippen LogP contribution in [0, 0.1) is 6.92 Å². The molecule has 16 heavy (non-hydrogen) atoms. The fraction of sp³-hybridized carbons (Fsp3) is 0.500. The number of benzene rings is 1. The van der Waals surface area contributed by atoms with Crippen LogP contribution in [0.2, 0.25) is 0 Å². The molecule has 0 aliphatic carbocycles. The third-order valence-corrected chi connectivity index (χ3v) is 3.80. The largest absolute Gasteiger partial charge is 0.317 e. The molecule has 0 bridgehead atoms. The number of hydrogen-bond acceptors (Lipinski definition) is 2. The Morgan fingerprint density at radius 1 is 1.25 bits per heavy atom. The standard InChI is InChI=1S/C14H18N2/c1-10-6-12-8-16-9-13(12)7-14(10)11-2-4-15-5-3-11/h6-8,11,15H,2-5,9H2,1H3. The van der Waals surface area contributed by atoms with Crippen LogP contribution >= 0.6 is 0 Å². The van der Waals surface area contributed by atoms with Crippen molar-refractivity contribution >= 4 is 6.21 Å². The van der Waals surface area contributed by atoms with Crippen molar-refractivity contribution in [2.24, 2.45) is 4.99 Å². The lowest BCUT2D eigenvalue weighted by molar-refractivity contribution is 0.459. The van der Waals surface area contributed by atoms with E-state index >= 15 is 0 Å². The van der Waals surface area contributed by atoms with Gasteiger partial charge in [-0.2, -0.15) is 0 Å². The fourth-order valence-electron chi connectivity index (χ4n) is 2.87. The molecule has 1 saturated heterocycles. The summed E-state index contributed by atoms with van der Waals surface area (Å²) in [4.78, 5) is 4.34. The van der Waals surface area contributed by atoms with Crippen LogP contribution in [0.15, 0.2) is 17.1 Å². The molecule has 0 radical (unpaired) electrons. The number of fused-ring (bicyclic) bond motifs is 1. The van der Waals surface area contributed by atoms with Crippen LogP contribution in [0.5, 0.6) is 0 Å². The number of piperidine rings is 1. The molecule has 2 heterocycles. The van der Waals surface area contributed by atoms with Crippen LogP contribution in [0.1, 0.15) is 41.0 Å². The Morgan fingerprint density at radius 2 is 2.06 bits per heavy atom. The highest BCUT2D eigenvalue weighted by atomic mass is 14.9. The molecule has 1 N–H and O–H groups in total. The Balaban J connectivity index is 1.95. The van der Waals surface area contributed by atoms with Crippen molar-refractivity contribution in [2.75, 3.05) is 13.1 Å². The van der Waals surface area contributed by atoms with Crippen molar-refractivity contribution in [3.8, 4) is 0 Å². The van der Waals surface area contributed by atoms with E-state index in [1.807, 2.05) is 6.21 Å². The van der Waals surface area contributed by atoms with Crippen molar-refractivity contribution in [1.29, 1.82) is 0 Å². The van der Waals surface area contributed by atoms with E-state index in [-0.39, 0.29) is 0 Å². The van der Waals surface area contributed by atoms with Gasteiger partial charge < -0.3 is 5.32 Å². The third-order valence-electron chi connectivity index (χ3n) is 3.80. The van der Waals surface area contributed by atoms with E-state index in [4.69, 9.17) is 0 Å². The monoisotopic (exact) mass is 214 g/mol. The molecule has 84 valence electrons. The van der Waals surface area contributed by atoms with Gasteiger partial charge in [0.1, 0.15) is 0 Å². The normalized spacial score (nSPS) is 20.1. The molecular weight excluding hydrogens is 196 g/mol. The first-order valence-corrected chi connectivity index (χ1v) is 6.18. The van der Waals surface area contributed by atoms with Gasteiger partial charge in [-0.25, -0.2) is 0 Å². The molecular formula is C14H18N2. The number of nitrogens with one attached hydrogen (secondary N) is 1. The average Bonchev–Trinajstić information content (AvgIpc) is 2.76. The van der Waals surface area contributed by atoms with E-state index in [9.17, 15) is 0 Å². The zero-order valence-corrected chi connectivity index (χ0v) is 9.79. The minimum atomic E-state index is 0.757. The first-order valence-electron chi connectivity index (χ1n) is 6.18. The summed E-state index contributed by atoms with van der Waals surface area (Å²) in [5.74, 6) is 0.757. The molecule has 0 atom stereocenters. The molecule has 1 fully saturated rings. The Morgan fingerprint density at radius 3 is 2.88 bits per heavy atom. The van der Waals surface area contributed by atoms with Crippen LogP contribution in [-0.4, -0.2) is 19.3 Å². The number of aryl methyl sites for hydroxylation is 1. The maximum Gasteiger partial charge on any atom is 0.0646 e. The second kappa shape index (κ2) is 4.02. The van der Waals surface area contributed by atoms with Crippen molar-refractivity contribution in [3.63, 3.8) is 0 Å². The third kappa shape index (κ3) is 1.67. The highest BCUT2D eigenvalue weighted by Gasteiger charge is 2.19. The van der Waals surface area contributed by atoms with Gasteiger partial charge in [0.15, 0.2) is 0 Å². The van der Waals surface area contributed by atoms with Gasteiger partial charge in [-0.3, -0.25) is 4.99 Å². The molecule has 0 saturated carbocycles. The van der Waals surface area contributed by atoms with Gasteiger partial charge in [0, 0.05) is 6.21 Å². The van der Waals surface area contributed by atoms with Crippen LogP contribution in [-0.2, 0) is 6.54 Å². The maximum absolute atomic E-state index is 4.34. The predicted molar refractivity (Wildman–Crippen MR) is 67.3 cm³/mol. The summed E-state index contributed by atoms with van der Waals surface area (Å²) >= 11 is 0. The lowest BCUT2D eigenvalue weighted by atomic mass is 9.85. The number of nitrogens with zero attached hydrogens (tertiary/aromatic N) is 1. The molecule has 3 rings (SSSR count). The highest BCUT2D eigenvalue weighted by molar-refractivity contribution is 5.85. The first-order chi connectivity index (χ1) is 7.84. The minimum Gasteiger partial charge on any atom is -0.317 e. The van der Waals surface area contributed by atoms with Gasteiger partial charge >= 0.3 is 0 Å². The van der Waals surface area contributed by atoms with Crippen LogP contribution in [0.25, 0.3) is 0 Å². The van der Waals surface area contributed by atoms with Gasteiger partial charge in [0.25, 0.3) is 0 Å². The van der Waals surface area contributed by atoms with Crippen molar-refractivity contribution in [1.82, 2.24) is 5.32 Å². The SMILES string of the molecule is Cc1cc2c(cc1C1CCNCC1)CN=C2. The van der Waals surface area contributed by atoms with E-state index in [0.717, 1.165) is 25.6 Å².